The normalized spacial score (nSPS) is 18.0. The van der Waals surface area contributed by atoms with Crippen molar-refractivity contribution >= 4 is 23.5 Å². The highest BCUT2D eigenvalue weighted by atomic mass is 19.1. The number of nitrogens with two attached hydrogens (primary N) is 1. The predicted octanol–water partition coefficient (Wildman–Crippen LogP) is 2.97. The molecule has 1 heterocycles. The van der Waals surface area contributed by atoms with E-state index in [2.05, 4.69) is 15.5 Å². The first kappa shape index (κ1) is 20.8. The Morgan fingerprint density at radius 1 is 1.31 bits per heavy atom. The van der Waals surface area contributed by atoms with E-state index in [-0.39, 0.29) is 18.5 Å². The van der Waals surface area contributed by atoms with E-state index in [0.717, 1.165) is 30.6 Å². The summed E-state index contributed by atoms with van der Waals surface area (Å²) in [6.45, 7) is 0.931. The average molecular weight is 397 g/mol. The number of rotatable bonds is 8. The number of halogens is 1. The number of alkyl halides is 1. The molecule has 0 bridgehead atoms. The molecule has 6 nitrogen and oxygen atoms in total. The number of anilines is 2. The number of hydrogen-bond donors (Lipinski definition) is 4. The van der Waals surface area contributed by atoms with Crippen molar-refractivity contribution in [1.29, 1.82) is 5.41 Å². The lowest BCUT2D eigenvalue weighted by Gasteiger charge is -2.38. The summed E-state index contributed by atoms with van der Waals surface area (Å²) in [5.74, 6) is -0.173. The van der Waals surface area contributed by atoms with Gasteiger partial charge in [-0.2, -0.15) is 0 Å². The standard InChI is InChI=1S/C22H28FN5O/c23-10-11-26-22(29)21(16-5-2-1-3-6-16)28-12-4-7-19(15-28)27-18-8-9-20(25)17(13-18)14-24/h1-3,5-6,8-9,13-14,19,21,24,27H,4,7,10-12,15,25H2,(H,26,29). The molecule has 1 fully saturated rings. The lowest BCUT2D eigenvalue weighted by Crippen LogP contribution is -2.48. The SMILES string of the molecule is N=Cc1cc(NC2CCCN(C(C(=O)NCCF)c3ccccc3)C2)ccc1N. The third-order valence-electron chi connectivity index (χ3n) is 5.19. The molecule has 1 aliphatic rings. The minimum atomic E-state index is -0.579. The van der Waals surface area contributed by atoms with Gasteiger partial charge < -0.3 is 21.8 Å². The zero-order valence-corrected chi connectivity index (χ0v) is 16.4. The number of piperidine rings is 1. The minimum absolute atomic E-state index is 0.0233. The van der Waals surface area contributed by atoms with Crippen molar-refractivity contribution in [2.75, 3.05) is 37.4 Å². The van der Waals surface area contributed by atoms with Crippen LogP contribution in [0.2, 0.25) is 0 Å². The zero-order chi connectivity index (χ0) is 20.6. The maximum atomic E-state index is 12.8. The number of carbonyl (C=O) groups excluding carboxylic acids is 1. The van der Waals surface area contributed by atoms with Crippen LogP contribution in [-0.2, 0) is 4.79 Å². The van der Waals surface area contributed by atoms with Gasteiger partial charge in [0.1, 0.15) is 12.7 Å². The van der Waals surface area contributed by atoms with Crippen LogP contribution in [0.4, 0.5) is 15.8 Å². The molecule has 5 N–H and O–H groups in total. The van der Waals surface area contributed by atoms with E-state index in [0.29, 0.717) is 17.8 Å². The summed E-state index contributed by atoms with van der Waals surface area (Å²) in [7, 11) is 0. The lowest BCUT2D eigenvalue weighted by molar-refractivity contribution is -0.127. The molecule has 7 heteroatoms. The van der Waals surface area contributed by atoms with Gasteiger partial charge in [0, 0.05) is 42.3 Å². The highest BCUT2D eigenvalue weighted by Gasteiger charge is 2.31. The molecule has 154 valence electrons. The fraction of sp³-hybridized carbons (Fsp3) is 0.364. The molecule has 0 aliphatic carbocycles. The monoisotopic (exact) mass is 397 g/mol. The van der Waals surface area contributed by atoms with Crippen LogP contribution in [0.5, 0.6) is 0 Å². The van der Waals surface area contributed by atoms with Gasteiger partial charge in [0.2, 0.25) is 5.91 Å². The summed E-state index contributed by atoms with van der Waals surface area (Å²) in [6.07, 6.45) is 3.17. The summed E-state index contributed by atoms with van der Waals surface area (Å²) in [4.78, 5) is 15.0. The molecule has 1 aliphatic heterocycles. The Hall–Kier alpha value is -2.93. The van der Waals surface area contributed by atoms with Crippen molar-refractivity contribution < 1.29 is 9.18 Å². The second-order valence-corrected chi connectivity index (χ2v) is 7.26. The summed E-state index contributed by atoms with van der Waals surface area (Å²) in [5.41, 5.74) is 8.93. The molecule has 2 unspecified atom stereocenters. The van der Waals surface area contributed by atoms with Gasteiger partial charge in [-0.15, -0.1) is 0 Å². The molecular formula is C22H28FN5O. The maximum absolute atomic E-state index is 12.8. The second-order valence-electron chi connectivity index (χ2n) is 7.26. The number of nitrogens with zero attached hydrogens (tertiary/aromatic N) is 1. The lowest BCUT2D eigenvalue weighted by atomic mass is 9.98. The Labute approximate surface area is 170 Å². The van der Waals surface area contributed by atoms with Crippen molar-refractivity contribution in [2.24, 2.45) is 0 Å². The Balaban J connectivity index is 1.75. The number of carbonyl (C=O) groups is 1. The average Bonchev–Trinajstić information content (AvgIpc) is 2.75. The molecule has 29 heavy (non-hydrogen) atoms. The van der Waals surface area contributed by atoms with Crippen molar-refractivity contribution in [3.8, 4) is 0 Å². The summed E-state index contributed by atoms with van der Waals surface area (Å²) in [6, 6.07) is 14.9. The smallest absolute Gasteiger partial charge is 0.242 e. The van der Waals surface area contributed by atoms with Crippen LogP contribution in [-0.4, -0.2) is 49.4 Å². The largest absolute Gasteiger partial charge is 0.398 e. The Morgan fingerprint density at radius 2 is 2.10 bits per heavy atom. The van der Waals surface area contributed by atoms with E-state index in [1.54, 1.807) is 6.07 Å². The number of benzene rings is 2. The molecule has 1 saturated heterocycles. The van der Waals surface area contributed by atoms with Gasteiger partial charge in [-0.05, 0) is 43.1 Å². The molecule has 0 saturated carbocycles. The van der Waals surface area contributed by atoms with Gasteiger partial charge in [-0.3, -0.25) is 9.69 Å². The predicted molar refractivity (Wildman–Crippen MR) is 115 cm³/mol. The molecule has 2 atom stereocenters. The molecule has 3 rings (SSSR count). The molecule has 0 radical (unpaired) electrons. The van der Waals surface area contributed by atoms with Crippen molar-refractivity contribution in [3.63, 3.8) is 0 Å². The van der Waals surface area contributed by atoms with Gasteiger partial charge in [0.05, 0.1) is 0 Å². The van der Waals surface area contributed by atoms with Gasteiger partial charge in [-0.1, -0.05) is 30.3 Å². The van der Waals surface area contributed by atoms with E-state index in [1.807, 2.05) is 42.5 Å². The highest BCUT2D eigenvalue weighted by Crippen LogP contribution is 2.27. The molecule has 2 aromatic carbocycles. The van der Waals surface area contributed by atoms with Crippen LogP contribution in [0, 0.1) is 5.41 Å². The zero-order valence-electron chi connectivity index (χ0n) is 16.4. The maximum Gasteiger partial charge on any atom is 0.242 e. The van der Waals surface area contributed by atoms with Crippen LogP contribution in [0.1, 0.15) is 30.0 Å². The third-order valence-corrected chi connectivity index (χ3v) is 5.19. The molecule has 0 spiro atoms. The Kier molecular flexibility index (Phi) is 7.19. The van der Waals surface area contributed by atoms with Crippen molar-refractivity contribution in [2.45, 2.75) is 24.9 Å². The van der Waals surface area contributed by atoms with E-state index < -0.39 is 12.7 Å². The van der Waals surface area contributed by atoms with Gasteiger partial charge in [0.15, 0.2) is 0 Å². The van der Waals surface area contributed by atoms with Crippen LogP contribution in [0.3, 0.4) is 0 Å². The summed E-state index contributed by atoms with van der Waals surface area (Å²) < 4.78 is 12.6. The molecule has 2 aromatic rings. The highest BCUT2D eigenvalue weighted by molar-refractivity contribution is 5.86. The summed E-state index contributed by atoms with van der Waals surface area (Å²) in [5, 5.41) is 13.7. The van der Waals surface area contributed by atoms with Gasteiger partial charge in [-0.25, -0.2) is 4.39 Å². The molecule has 0 aromatic heterocycles. The second kappa shape index (κ2) is 10.0. The van der Waals surface area contributed by atoms with Crippen LogP contribution >= 0.6 is 0 Å². The number of nitrogens with one attached hydrogen (secondary N) is 3. The van der Waals surface area contributed by atoms with Crippen LogP contribution in [0.15, 0.2) is 48.5 Å². The number of amides is 1. The van der Waals surface area contributed by atoms with E-state index in [9.17, 15) is 9.18 Å². The van der Waals surface area contributed by atoms with E-state index in [1.165, 1.54) is 6.21 Å². The van der Waals surface area contributed by atoms with Crippen molar-refractivity contribution in [3.05, 3.63) is 59.7 Å². The number of hydrogen-bond acceptors (Lipinski definition) is 5. The summed E-state index contributed by atoms with van der Waals surface area (Å²) >= 11 is 0. The number of likely N-dealkylation sites (tertiary alicyclic amines) is 1. The van der Waals surface area contributed by atoms with Crippen molar-refractivity contribution in [1.82, 2.24) is 10.2 Å². The van der Waals surface area contributed by atoms with E-state index in [4.69, 9.17) is 11.1 Å². The fourth-order valence-corrected chi connectivity index (χ4v) is 3.81. The molecular weight excluding hydrogens is 369 g/mol. The Bertz CT molecular complexity index is 829. The molecule has 1 amide bonds. The van der Waals surface area contributed by atoms with E-state index >= 15 is 0 Å². The van der Waals surface area contributed by atoms with Gasteiger partial charge in [0.25, 0.3) is 0 Å². The quantitative estimate of drug-likeness (QED) is 0.407. The first-order valence-electron chi connectivity index (χ1n) is 9.91. The van der Waals surface area contributed by atoms with Gasteiger partial charge >= 0.3 is 0 Å². The minimum Gasteiger partial charge on any atom is -0.398 e. The topological polar surface area (TPSA) is 94.2 Å². The van der Waals surface area contributed by atoms with Crippen LogP contribution in [0.25, 0.3) is 0 Å². The first-order chi connectivity index (χ1) is 14.1. The fourth-order valence-electron chi connectivity index (χ4n) is 3.81. The first-order valence-corrected chi connectivity index (χ1v) is 9.91. The third kappa shape index (κ3) is 5.32. The van der Waals surface area contributed by atoms with Crippen LogP contribution < -0.4 is 16.4 Å². The Morgan fingerprint density at radius 3 is 2.83 bits per heavy atom. The number of nitrogen functional groups attached to an aromatic ring is 1.